The Bertz CT molecular complexity index is 332. The van der Waals surface area contributed by atoms with Crippen LogP contribution in [0.4, 0.5) is 5.69 Å². The van der Waals surface area contributed by atoms with Crippen LogP contribution in [0.2, 0.25) is 0 Å². The van der Waals surface area contributed by atoms with Crippen molar-refractivity contribution in [1.29, 1.82) is 0 Å². The van der Waals surface area contributed by atoms with Gasteiger partial charge in [-0.2, -0.15) is 0 Å². The molecule has 15 heavy (non-hydrogen) atoms. The van der Waals surface area contributed by atoms with Crippen molar-refractivity contribution in [2.75, 3.05) is 18.0 Å². The molecular formula is C12H16BrNO. The highest BCUT2D eigenvalue weighted by Gasteiger charge is 2.22. The molecule has 0 spiro atoms. The third-order valence-corrected chi connectivity index (χ3v) is 3.09. The number of morpholine rings is 1. The third-order valence-electron chi connectivity index (χ3n) is 2.59. The molecule has 0 radical (unpaired) electrons. The Balaban J connectivity index is 2.16. The normalized spacial score (nSPS) is 26.7. The number of hydrogen-bond donors (Lipinski definition) is 0. The quantitative estimate of drug-likeness (QED) is 0.777. The second-order valence-electron chi connectivity index (χ2n) is 4.14. The molecule has 0 aromatic heterocycles. The molecular weight excluding hydrogens is 254 g/mol. The summed E-state index contributed by atoms with van der Waals surface area (Å²) in [4.78, 5) is 2.38. The summed E-state index contributed by atoms with van der Waals surface area (Å²) in [6.45, 7) is 6.20. The lowest BCUT2D eigenvalue weighted by Crippen LogP contribution is -2.45. The van der Waals surface area contributed by atoms with Gasteiger partial charge in [-0.15, -0.1) is 0 Å². The SMILES string of the molecule is CC1CN(c2cccc(Br)c2)CC(C)O1. The average molecular weight is 270 g/mol. The molecule has 82 valence electrons. The molecule has 2 rings (SSSR count). The highest BCUT2D eigenvalue weighted by molar-refractivity contribution is 9.10. The van der Waals surface area contributed by atoms with E-state index in [0.717, 1.165) is 17.6 Å². The maximum absolute atomic E-state index is 5.71. The summed E-state index contributed by atoms with van der Waals surface area (Å²) < 4.78 is 6.85. The van der Waals surface area contributed by atoms with Crippen LogP contribution < -0.4 is 4.90 Å². The molecule has 0 amide bonds. The van der Waals surface area contributed by atoms with Gasteiger partial charge in [-0.25, -0.2) is 0 Å². The lowest BCUT2D eigenvalue weighted by atomic mass is 10.2. The van der Waals surface area contributed by atoms with Gasteiger partial charge in [0.25, 0.3) is 0 Å². The average Bonchev–Trinajstić information content (AvgIpc) is 2.16. The van der Waals surface area contributed by atoms with Gasteiger partial charge in [0.15, 0.2) is 0 Å². The van der Waals surface area contributed by atoms with Crippen molar-refractivity contribution in [3.8, 4) is 0 Å². The molecule has 0 saturated carbocycles. The van der Waals surface area contributed by atoms with E-state index in [-0.39, 0.29) is 0 Å². The van der Waals surface area contributed by atoms with Gasteiger partial charge in [0.2, 0.25) is 0 Å². The van der Waals surface area contributed by atoms with E-state index in [2.05, 4.69) is 58.9 Å². The van der Waals surface area contributed by atoms with Crippen molar-refractivity contribution < 1.29 is 4.74 Å². The Morgan fingerprint density at radius 2 is 1.93 bits per heavy atom. The zero-order valence-corrected chi connectivity index (χ0v) is 10.7. The standard InChI is InChI=1S/C12H16BrNO/c1-9-7-14(8-10(2)15-9)12-5-3-4-11(13)6-12/h3-6,9-10H,7-8H2,1-2H3. The maximum Gasteiger partial charge on any atom is 0.0726 e. The van der Waals surface area contributed by atoms with Gasteiger partial charge in [0, 0.05) is 23.2 Å². The minimum Gasteiger partial charge on any atom is -0.372 e. The molecule has 2 atom stereocenters. The zero-order chi connectivity index (χ0) is 10.8. The second kappa shape index (κ2) is 4.54. The predicted molar refractivity (Wildman–Crippen MR) is 66.4 cm³/mol. The smallest absolute Gasteiger partial charge is 0.0726 e. The van der Waals surface area contributed by atoms with Gasteiger partial charge in [-0.3, -0.25) is 0 Å². The fourth-order valence-electron chi connectivity index (χ4n) is 2.06. The van der Waals surface area contributed by atoms with Crippen molar-refractivity contribution in [2.45, 2.75) is 26.1 Å². The molecule has 2 nitrogen and oxygen atoms in total. The molecule has 1 saturated heterocycles. The van der Waals surface area contributed by atoms with E-state index in [0.29, 0.717) is 12.2 Å². The van der Waals surface area contributed by atoms with Gasteiger partial charge in [0.1, 0.15) is 0 Å². The fourth-order valence-corrected chi connectivity index (χ4v) is 2.45. The molecule has 1 fully saturated rings. The van der Waals surface area contributed by atoms with E-state index >= 15 is 0 Å². The van der Waals surface area contributed by atoms with E-state index in [4.69, 9.17) is 4.74 Å². The summed E-state index contributed by atoms with van der Waals surface area (Å²) in [7, 11) is 0. The minimum absolute atomic E-state index is 0.313. The first-order chi connectivity index (χ1) is 7.15. The van der Waals surface area contributed by atoms with Crippen LogP contribution in [0.3, 0.4) is 0 Å². The van der Waals surface area contributed by atoms with Crippen LogP contribution in [-0.2, 0) is 4.74 Å². The summed E-state index contributed by atoms with van der Waals surface area (Å²) in [5.41, 5.74) is 1.27. The van der Waals surface area contributed by atoms with Crippen molar-refractivity contribution in [1.82, 2.24) is 0 Å². The number of anilines is 1. The van der Waals surface area contributed by atoms with Crippen molar-refractivity contribution in [3.63, 3.8) is 0 Å². The second-order valence-corrected chi connectivity index (χ2v) is 5.06. The maximum atomic E-state index is 5.71. The highest BCUT2D eigenvalue weighted by atomic mass is 79.9. The summed E-state index contributed by atoms with van der Waals surface area (Å²) in [6, 6.07) is 8.43. The van der Waals surface area contributed by atoms with Gasteiger partial charge in [0.05, 0.1) is 12.2 Å². The van der Waals surface area contributed by atoms with Crippen molar-refractivity contribution >= 4 is 21.6 Å². The number of hydrogen-bond acceptors (Lipinski definition) is 2. The topological polar surface area (TPSA) is 12.5 Å². The largest absolute Gasteiger partial charge is 0.372 e. The van der Waals surface area contributed by atoms with Crippen LogP contribution in [-0.4, -0.2) is 25.3 Å². The van der Waals surface area contributed by atoms with Crippen LogP contribution in [0, 0.1) is 0 Å². The predicted octanol–water partition coefficient (Wildman–Crippen LogP) is 3.06. The highest BCUT2D eigenvalue weighted by Crippen LogP contribution is 2.23. The van der Waals surface area contributed by atoms with Crippen LogP contribution >= 0.6 is 15.9 Å². The first-order valence-electron chi connectivity index (χ1n) is 5.31. The molecule has 1 aliphatic rings. The molecule has 0 bridgehead atoms. The Morgan fingerprint density at radius 1 is 1.27 bits per heavy atom. The Labute approximate surface area is 99.4 Å². The van der Waals surface area contributed by atoms with E-state index < -0.39 is 0 Å². The first-order valence-corrected chi connectivity index (χ1v) is 6.10. The lowest BCUT2D eigenvalue weighted by Gasteiger charge is -2.36. The zero-order valence-electron chi connectivity index (χ0n) is 9.11. The van der Waals surface area contributed by atoms with Gasteiger partial charge < -0.3 is 9.64 Å². The van der Waals surface area contributed by atoms with Crippen LogP contribution in [0.1, 0.15) is 13.8 Å². The molecule has 1 aromatic carbocycles. The Hall–Kier alpha value is -0.540. The summed E-state index contributed by atoms with van der Waals surface area (Å²) in [5.74, 6) is 0. The van der Waals surface area contributed by atoms with Gasteiger partial charge >= 0.3 is 0 Å². The van der Waals surface area contributed by atoms with E-state index in [1.807, 2.05) is 0 Å². The van der Waals surface area contributed by atoms with Crippen LogP contribution in [0.15, 0.2) is 28.7 Å². The molecule has 0 N–H and O–H groups in total. The van der Waals surface area contributed by atoms with Gasteiger partial charge in [-0.05, 0) is 32.0 Å². The summed E-state index contributed by atoms with van der Waals surface area (Å²) in [6.07, 6.45) is 0.625. The number of nitrogens with zero attached hydrogens (tertiary/aromatic N) is 1. The van der Waals surface area contributed by atoms with E-state index in [9.17, 15) is 0 Å². The Kier molecular flexibility index (Phi) is 3.32. The molecule has 0 aliphatic carbocycles. The van der Waals surface area contributed by atoms with Crippen molar-refractivity contribution in [2.24, 2.45) is 0 Å². The monoisotopic (exact) mass is 269 g/mol. The molecule has 1 aliphatic heterocycles. The van der Waals surface area contributed by atoms with Crippen LogP contribution in [0.25, 0.3) is 0 Å². The summed E-state index contributed by atoms with van der Waals surface area (Å²) >= 11 is 3.50. The van der Waals surface area contributed by atoms with Crippen molar-refractivity contribution in [3.05, 3.63) is 28.7 Å². The lowest BCUT2D eigenvalue weighted by molar-refractivity contribution is -0.00521. The van der Waals surface area contributed by atoms with E-state index in [1.165, 1.54) is 5.69 Å². The molecule has 2 unspecified atom stereocenters. The molecule has 1 aromatic rings. The van der Waals surface area contributed by atoms with Gasteiger partial charge in [-0.1, -0.05) is 22.0 Å². The third kappa shape index (κ3) is 2.73. The number of ether oxygens (including phenoxy) is 1. The molecule has 1 heterocycles. The van der Waals surface area contributed by atoms with Crippen LogP contribution in [0.5, 0.6) is 0 Å². The number of halogens is 1. The first kappa shape index (κ1) is 11.0. The number of rotatable bonds is 1. The van der Waals surface area contributed by atoms with E-state index in [1.54, 1.807) is 0 Å². The number of benzene rings is 1. The fraction of sp³-hybridized carbons (Fsp3) is 0.500. The summed E-state index contributed by atoms with van der Waals surface area (Å²) in [5, 5.41) is 0. The molecule has 3 heteroatoms. The Morgan fingerprint density at radius 3 is 2.53 bits per heavy atom. The minimum atomic E-state index is 0.313.